The maximum absolute atomic E-state index is 11.6. The van der Waals surface area contributed by atoms with E-state index >= 15 is 0 Å². The fourth-order valence-corrected chi connectivity index (χ4v) is 2.60. The van der Waals surface area contributed by atoms with Gasteiger partial charge in [0.25, 0.3) is 0 Å². The van der Waals surface area contributed by atoms with Crippen molar-refractivity contribution in [2.75, 3.05) is 13.2 Å². The van der Waals surface area contributed by atoms with E-state index < -0.39 is 54.5 Å². The fraction of sp³-hybridized carbons (Fsp3) is 0.750. The van der Waals surface area contributed by atoms with Crippen molar-refractivity contribution >= 4 is 23.8 Å². The molecular weight excluding hydrogens is 350 g/mol. The van der Waals surface area contributed by atoms with E-state index in [1.807, 2.05) is 0 Å². The molecule has 0 saturated carbocycles. The Hall–Kier alpha value is -2.20. The highest BCUT2D eigenvalue weighted by Crippen LogP contribution is 2.27. The van der Waals surface area contributed by atoms with Crippen molar-refractivity contribution in [3.63, 3.8) is 0 Å². The predicted molar refractivity (Wildman–Crippen MR) is 85.6 cm³/mol. The van der Waals surface area contributed by atoms with Gasteiger partial charge in [-0.1, -0.05) is 0 Å². The standard InChI is InChI=1S/C16H25NO9/c1-6-22-16-13(17-8(2)18)15(25-11(5)21)14(24-10(4)20)12(26-16)7-23-9(3)19/h12-16H,6-7H2,1-5H3,(H,17,18)/t12?,13?,14-,15+,16+/m0/s1. The predicted octanol–water partition coefficient (Wildman–Crippen LogP) is -0.321. The first-order chi connectivity index (χ1) is 12.1. The molecule has 0 aromatic heterocycles. The van der Waals surface area contributed by atoms with Crippen molar-refractivity contribution in [3.8, 4) is 0 Å². The molecule has 1 fully saturated rings. The normalized spacial score (nSPS) is 28.0. The second kappa shape index (κ2) is 10.1. The van der Waals surface area contributed by atoms with Gasteiger partial charge in [-0.2, -0.15) is 0 Å². The van der Waals surface area contributed by atoms with Crippen molar-refractivity contribution in [1.29, 1.82) is 0 Å². The van der Waals surface area contributed by atoms with Gasteiger partial charge in [-0.3, -0.25) is 19.2 Å². The zero-order chi connectivity index (χ0) is 19.9. The molecule has 1 rings (SSSR count). The van der Waals surface area contributed by atoms with E-state index in [1.54, 1.807) is 6.92 Å². The molecule has 0 aliphatic carbocycles. The van der Waals surface area contributed by atoms with Crippen molar-refractivity contribution in [2.24, 2.45) is 0 Å². The Balaban J connectivity index is 3.22. The van der Waals surface area contributed by atoms with Crippen LogP contribution in [0.1, 0.15) is 34.6 Å². The Morgan fingerprint density at radius 1 is 0.923 bits per heavy atom. The van der Waals surface area contributed by atoms with Crippen molar-refractivity contribution < 1.29 is 42.9 Å². The van der Waals surface area contributed by atoms with Crippen LogP contribution in [0.3, 0.4) is 0 Å². The van der Waals surface area contributed by atoms with Crippen LogP contribution in [0.2, 0.25) is 0 Å². The largest absolute Gasteiger partial charge is 0.463 e. The number of esters is 3. The Morgan fingerprint density at radius 3 is 1.96 bits per heavy atom. The lowest BCUT2D eigenvalue weighted by molar-refractivity contribution is -0.276. The molecule has 10 heteroatoms. The summed E-state index contributed by atoms with van der Waals surface area (Å²) < 4.78 is 26.7. The first-order valence-electron chi connectivity index (χ1n) is 8.17. The van der Waals surface area contributed by atoms with Gasteiger partial charge in [-0.05, 0) is 6.92 Å². The van der Waals surface area contributed by atoms with Crippen LogP contribution in [-0.4, -0.2) is 67.7 Å². The van der Waals surface area contributed by atoms with Gasteiger partial charge in [0.05, 0.1) is 0 Å². The lowest BCUT2D eigenvalue weighted by Crippen LogP contribution is -2.66. The molecule has 0 aromatic carbocycles. The number of hydrogen-bond acceptors (Lipinski definition) is 9. The molecule has 2 unspecified atom stereocenters. The zero-order valence-corrected chi connectivity index (χ0v) is 15.5. The third-order valence-electron chi connectivity index (χ3n) is 3.40. The summed E-state index contributed by atoms with van der Waals surface area (Å²) in [7, 11) is 0. The van der Waals surface area contributed by atoms with E-state index in [9.17, 15) is 19.2 Å². The van der Waals surface area contributed by atoms with Gasteiger partial charge in [0.15, 0.2) is 18.5 Å². The minimum Gasteiger partial charge on any atom is -0.463 e. The lowest BCUT2D eigenvalue weighted by Gasteiger charge is -2.44. The minimum atomic E-state index is -1.11. The monoisotopic (exact) mass is 375 g/mol. The Labute approximate surface area is 151 Å². The number of amides is 1. The van der Waals surface area contributed by atoms with E-state index in [0.29, 0.717) is 0 Å². The van der Waals surface area contributed by atoms with Crippen LogP contribution in [-0.2, 0) is 42.9 Å². The summed E-state index contributed by atoms with van der Waals surface area (Å²) in [6.07, 6.45) is -4.15. The van der Waals surface area contributed by atoms with Gasteiger partial charge in [0.2, 0.25) is 5.91 Å². The average Bonchev–Trinajstić information content (AvgIpc) is 2.50. The van der Waals surface area contributed by atoms with E-state index in [1.165, 1.54) is 27.7 Å². The highest BCUT2D eigenvalue weighted by atomic mass is 16.7. The third kappa shape index (κ3) is 6.60. The number of hydrogen-bond donors (Lipinski definition) is 1. The molecule has 0 bridgehead atoms. The summed E-state index contributed by atoms with van der Waals surface area (Å²) in [5.74, 6) is -2.28. The summed E-state index contributed by atoms with van der Waals surface area (Å²) in [6.45, 7) is 6.56. The number of ether oxygens (including phenoxy) is 5. The van der Waals surface area contributed by atoms with Gasteiger partial charge in [-0.15, -0.1) is 0 Å². The van der Waals surface area contributed by atoms with Crippen LogP contribution in [0.5, 0.6) is 0 Å². The Kier molecular flexibility index (Phi) is 8.46. The number of nitrogens with one attached hydrogen (secondary N) is 1. The number of carbonyl (C=O) groups excluding carboxylic acids is 4. The first kappa shape index (κ1) is 21.8. The van der Waals surface area contributed by atoms with Gasteiger partial charge in [0, 0.05) is 34.3 Å². The number of rotatable bonds is 7. The second-order valence-electron chi connectivity index (χ2n) is 5.68. The first-order valence-corrected chi connectivity index (χ1v) is 8.17. The molecule has 0 radical (unpaired) electrons. The van der Waals surface area contributed by atoms with Crippen molar-refractivity contribution in [3.05, 3.63) is 0 Å². The zero-order valence-electron chi connectivity index (χ0n) is 15.5. The SMILES string of the molecule is CCO[C@@H]1OC(COC(C)=O)[C@H](OC(C)=O)[C@H](OC(C)=O)C1NC(C)=O. The molecule has 1 aliphatic heterocycles. The summed E-state index contributed by atoms with van der Waals surface area (Å²) in [5, 5.41) is 2.60. The van der Waals surface area contributed by atoms with Crippen LogP contribution in [0.4, 0.5) is 0 Å². The highest BCUT2D eigenvalue weighted by molar-refractivity contribution is 5.73. The van der Waals surface area contributed by atoms with E-state index in [2.05, 4.69) is 5.32 Å². The summed E-state index contributed by atoms with van der Waals surface area (Å²) in [4.78, 5) is 45.8. The second-order valence-corrected chi connectivity index (χ2v) is 5.68. The molecule has 1 N–H and O–H groups in total. The highest BCUT2D eigenvalue weighted by Gasteiger charge is 2.51. The summed E-state index contributed by atoms with van der Waals surface area (Å²) in [5.41, 5.74) is 0. The van der Waals surface area contributed by atoms with Crippen LogP contribution < -0.4 is 5.32 Å². The molecule has 26 heavy (non-hydrogen) atoms. The van der Waals surface area contributed by atoms with Crippen LogP contribution in [0, 0.1) is 0 Å². The van der Waals surface area contributed by atoms with E-state index in [0.717, 1.165) is 0 Å². The van der Waals surface area contributed by atoms with Crippen LogP contribution in [0.15, 0.2) is 0 Å². The summed E-state index contributed by atoms with van der Waals surface area (Å²) in [6, 6.07) is -0.922. The summed E-state index contributed by atoms with van der Waals surface area (Å²) >= 11 is 0. The van der Waals surface area contributed by atoms with E-state index in [4.69, 9.17) is 23.7 Å². The molecule has 0 aromatic rings. The molecule has 1 saturated heterocycles. The maximum atomic E-state index is 11.6. The maximum Gasteiger partial charge on any atom is 0.303 e. The van der Waals surface area contributed by atoms with Crippen LogP contribution >= 0.6 is 0 Å². The fourth-order valence-electron chi connectivity index (χ4n) is 2.60. The van der Waals surface area contributed by atoms with Gasteiger partial charge in [-0.25, -0.2) is 0 Å². The van der Waals surface area contributed by atoms with Gasteiger partial charge < -0.3 is 29.0 Å². The van der Waals surface area contributed by atoms with Crippen molar-refractivity contribution in [2.45, 2.75) is 65.3 Å². The molecule has 1 heterocycles. The quantitative estimate of drug-likeness (QED) is 0.470. The van der Waals surface area contributed by atoms with Gasteiger partial charge >= 0.3 is 17.9 Å². The topological polar surface area (TPSA) is 126 Å². The smallest absolute Gasteiger partial charge is 0.303 e. The molecule has 1 aliphatic rings. The molecule has 5 atom stereocenters. The van der Waals surface area contributed by atoms with Gasteiger partial charge in [0.1, 0.15) is 18.8 Å². The van der Waals surface area contributed by atoms with Crippen molar-refractivity contribution in [1.82, 2.24) is 5.32 Å². The van der Waals surface area contributed by atoms with E-state index in [-0.39, 0.29) is 13.2 Å². The van der Waals surface area contributed by atoms with Crippen LogP contribution in [0.25, 0.3) is 0 Å². The lowest BCUT2D eigenvalue weighted by atomic mass is 9.96. The molecular formula is C16H25NO9. The Bertz CT molecular complexity index is 536. The Morgan fingerprint density at radius 2 is 1.50 bits per heavy atom. The third-order valence-corrected chi connectivity index (χ3v) is 3.40. The minimum absolute atomic E-state index is 0.242. The molecule has 1 amide bonds. The number of carbonyl (C=O) groups is 4. The molecule has 148 valence electrons. The molecule has 10 nitrogen and oxygen atoms in total. The average molecular weight is 375 g/mol. The molecule has 0 spiro atoms.